The monoisotopic (exact) mass is 241 g/mol. The Kier molecular flexibility index (Phi) is 2.88. The number of carbonyl (C=O) groups excluding carboxylic acids is 1. The lowest BCUT2D eigenvalue weighted by molar-refractivity contribution is 0.0913. The Hall–Kier alpha value is -0.670. The van der Waals surface area contributed by atoms with Crippen molar-refractivity contribution in [2.45, 2.75) is 19.4 Å². The number of nitrogens with two attached hydrogens (primary N) is 1. The molecule has 13 heavy (non-hydrogen) atoms. The molecule has 2 nitrogen and oxygen atoms in total. The molecule has 0 aliphatic rings. The van der Waals surface area contributed by atoms with Crippen LogP contribution in [0.3, 0.4) is 0 Å². The van der Waals surface area contributed by atoms with Crippen molar-refractivity contribution in [2.24, 2.45) is 5.73 Å². The van der Waals surface area contributed by atoms with E-state index in [9.17, 15) is 4.79 Å². The van der Waals surface area contributed by atoms with Gasteiger partial charge in [0, 0.05) is 10.0 Å². The van der Waals surface area contributed by atoms with Gasteiger partial charge in [-0.15, -0.1) is 0 Å². The van der Waals surface area contributed by atoms with Crippen LogP contribution in [0.4, 0.5) is 0 Å². The predicted octanol–water partition coefficient (Wildman–Crippen LogP) is 2.37. The van der Waals surface area contributed by atoms with Crippen LogP contribution in [-0.2, 0) is 0 Å². The highest BCUT2D eigenvalue weighted by Gasteiger charge is 2.23. The Labute approximate surface area is 86.3 Å². The molecule has 1 aromatic rings. The van der Waals surface area contributed by atoms with Crippen molar-refractivity contribution in [2.75, 3.05) is 0 Å². The minimum atomic E-state index is -0.805. The van der Waals surface area contributed by atoms with Crippen LogP contribution in [0.2, 0.25) is 0 Å². The lowest BCUT2D eigenvalue weighted by atomic mass is 9.95. The van der Waals surface area contributed by atoms with E-state index in [2.05, 4.69) is 15.9 Å². The summed E-state index contributed by atoms with van der Waals surface area (Å²) in [5, 5.41) is 0. The molecule has 0 radical (unpaired) electrons. The Morgan fingerprint density at radius 1 is 1.46 bits per heavy atom. The molecule has 0 aliphatic heterocycles. The van der Waals surface area contributed by atoms with Gasteiger partial charge in [-0.2, -0.15) is 0 Å². The third-order valence-electron chi connectivity index (χ3n) is 1.67. The van der Waals surface area contributed by atoms with Crippen LogP contribution in [0.5, 0.6) is 0 Å². The molecule has 0 bridgehead atoms. The minimum Gasteiger partial charge on any atom is -0.319 e. The number of hydrogen-bond acceptors (Lipinski definition) is 2. The van der Waals surface area contributed by atoms with Gasteiger partial charge in [0.25, 0.3) is 0 Å². The second-order valence-electron chi connectivity index (χ2n) is 3.56. The summed E-state index contributed by atoms with van der Waals surface area (Å²) in [6, 6.07) is 7.24. The maximum absolute atomic E-state index is 11.7. The van der Waals surface area contributed by atoms with E-state index in [1.807, 2.05) is 12.1 Å². The van der Waals surface area contributed by atoms with Crippen molar-refractivity contribution < 1.29 is 4.79 Å². The van der Waals surface area contributed by atoms with Gasteiger partial charge in [-0.1, -0.05) is 28.1 Å². The van der Waals surface area contributed by atoms with Crippen molar-refractivity contribution in [3.8, 4) is 0 Å². The molecule has 0 saturated heterocycles. The topological polar surface area (TPSA) is 43.1 Å². The summed E-state index contributed by atoms with van der Waals surface area (Å²) < 4.78 is 0.891. The maximum atomic E-state index is 11.7. The highest BCUT2D eigenvalue weighted by Crippen LogP contribution is 2.15. The van der Waals surface area contributed by atoms with Gasteiger partial charge in [-0.05, 0) is 26.0 Å². The minimum absolute atomic E-state index is 0.0474. The Morgan fingerprint density at radius 3 is 2.54 bits per heavy atom. The van der Waals surface area contributed by atoms with Gasteiger partial charge < -0.3 is 5.73 Å². The highest BCUT2D eigenvalue weighted by atomic mass is 79.9. The van der Waals surface area contributed by atoms with Crippen molar-refractivity contribution in [1.82, 2.24) is 0 Å². The fraction of sp³-hybridized carbons (Fsp3) is 0.300. The molecular weight excluding hydrogens is 230 g/mol. The van der Waals surface area contributed by atoms with E-state index < -0.39 is 5.54 Å². The quantitative estimate of drug-likeness (QED) is 0.809. The summed E-state index contributed by atoms with van der Waals surface area (Å²) in [6.45, 7) is 3.41. The first-order valence-electron chi connectivity index (χ1n) is 4.00. The molecule has 0 amide bonds. The number of ketones is 1. The maximum Gasteiger partial charge on any atom is 0.182 e. The molecule has 0 heterocycles. The zero-order valence-corrected chi connectivity index (χ0v) is 9.26. The molecule has 0 aliphatic carbocycles. The SMILES string of the molecule is CC(C)(N)C(=O)c1cccc(Br)c1. The second kappa shape index (κ2) is 3.60. The third kappa shape index (κ3) is 2.64. The summed E-state index contributed by atoms with van der Waals surface area (Å²) in [6.07, 6.45) is 0. The number of halogens is 1. The van der Waals surface area contributed by atoms with E-state index in [0.29, 0.717) is 5.56 Å². The number of hydrogen-bond donors (Lipinski definition) is 1. The third-order valence-corrected chi connectivity index (χ3v) is 2.17. The Bertz CT molecular complexity index is 328. The first kappa shape index (κ1) is 10.4. The standard InChI is InChI=1S/C10H12BrNO/c1-10(2,12)9(13)7-4-3-5-8(11)6-7/h3-6H,12H2,1-2H3. The summed E-state index contributed by atoms with van der Waals surface area (Å²) in [4.78, 5) is 11.7. The van der Waals surface area contributed by atoms with E-state index in [4.69, 9.17) is 5.73 Å². The number of carbonyl (C=O) groups is 1. The average Bonchev–Trinajstić information content (AvgIpc) is 2.01. The van der Waals surface area contributed by atoms with E-state index in [1.165, 1.54) is 0 Å². The zero-order chi connectivity index (χ0) is 10.1. The first-order valence-corrected chi connectivity index (χ1v) is 4.80. The number of Topliss-reactive ketones (excluding diaryl/α,β-unsaturated/α-hetero) is 1. The molecule has 3 heteroatoms. The van der Waals surface area contributed by atoms with Crippen LogP contribution in [0, 0.1) is 0 Å². The van der Waals surface area contributed by atoms with Crippen LogP contribution in [0.1, 0.15) is 24.2 Å². The van der Waals surface area contributed by atoms with Crippen molar-refractivity contribution in [1.29, 1.82) is 0 Å². The average molecular weight is 242 g/mol. The van der Waals surface area contributed by atoms with Gasteiger partial charge in [0.1, 0.15) is 0 Å². The molecule has 0 fully saturated rings. The molecule has 1 aromatic carbocycles. The number of rotatable bonds is 2. The predicted molar refractivity (Wildman–Crippen MR) is 56.7 cm³/mol. The first-order chi connectivity index (χ1) is 5.91. The van der Waals surface area contributed by atoms with Crippen molar-refractivity contribution >= 4 is 21.7 Å². The zero-order valence-electron chi connectivity index (χ0n) is 7.67. The Morgan fingerprint density at radius 2 is 2.08 bits per heavy atom. The summed E-state index contributed by atoms with van der Waals surface area (Å²) in [7, 11) is 0. The summed E-state index contributed by atoms with van der Waals surface area (Å²) in [5.74, 6) is -0.0474. The van der Waals surface area contributed by atoms with Crippen LogP contribution >= 0.6 is 15.9 Å². The van der Waals surface area contributed by atoms with Gasteiger partial charge in [0.2, 0.25) is 0 Å². The van der Waals surface area contributed by atoms with Crippen LogP contribution < -0.4 is 5.73 Å². The van der Waals surface area contributed by atoms with Gasteiger partial charge in [-0.3, -0.25) is 4.79 Å². The van der Waals surface area contributed by atoms with Crippen LogP contribution in [0.15, 0.2) is 28.7 Å². The fourth-order valence-electron chi connectivity index (χ4n) is 1.00. The molecule has 1 rings (SSSR count). The smallest absolute Gasteiger partial charge is 0.182 e. The molecule has 0 saturated carbocycles. The van der Waals surface area contributed by atoms with Gasteiger partial charge >= 0.3 is 0 Å². The van der Waals surface area contributed by atoms with Crippen LogP contribution in [0.25, 0.3) is 0 Å². The van der Waals surface area contributed by atoms with E-state index in [0.717, 1.165) is 4.47 Å². The normalized spacial score (nSPS) is 11.4. The summed E-state index contributed by atoms with van der Waals surface area (Å²) in [5.41, 5.74) is 5.53. The molecular formula is C10H12BrNO. The van der Waals surface area contributed by atoms with Gasteiger partial charge in [0.15, 0.2) is 5.78 Å². The molecule has 0 aromatic heterocycles. The van der Waals surface area contributed by atoms with E-state index >= 15 is 0 Å². The fourth-order valence-corrected chi connectivity index (χ4v) is 1.40. The van der Waals surface area contributed by atoms with Crippen molar-refractivity contribution in [3.05, 3.63) is 34.3 Å². The lowest BCUT2D eigenvalue weighted by Crippen LogP contribution is -2.41. The van der Waals surface area contributed by atoms with Gasteiger partial charge in [-0.25, -0.2) is 0 Å². The molecule has 2 N–H and O–H groups in total. The van der Waals surface area contributed by atoms with Crippen LogP contribution in [-0.4, -0.2) is 11.3 Å². The highest BCUT2D eigenvalue weighted by molar-refractivity contribution is 9.10. The second-order valence-corrected chi connectivity index (χ2v) is 4.48. The lowest BCUT2D eigenvalue weighted by Gasteiger charge is -2.16. The molecule has 70 valence electrons. The molecule has 0 spiro atoms. The molecule has 0 atom stereocenters. The summed E-state index contributed by atoms with van der Waals surface area (Å²) >= 11 is 3.30. The van der Waals surface area contributed by atoms with E-state index in [1.54, 1.807) is 26.0 Å². The van der Waals surface area contributed by atoms with Crippen molar-refractivity contribution in [3.63, 3.8) is 0 Å². The number of benzene rings is 1. The molecule has 0 unspecified atom stereocenters. The Balaban J connectivity index is 3.03. The van der Waals surface area contributed by atoms with E-state index in [-0.39, 0.29) is 5.78 Å². The van der Waals surface area contributed by atoms with Gasteiger partial charge in [0.05, 0.1) is 5.54 Å². The largest absolute Gasteiger partial charge is 0.319 e.